The Hall–Kier alpha value is -2.15. The maximum Gasteiger partial charge on any atom is 0.349 e. The Morgan fingerprint density at radius 3 is 2.38 bits per heavy atom. The molecule has 26 heavy (non-hydrogen) atoms. The number of benzene rings is 1. The van der Waals surface area contributed by atoms with Crippen LogP contribution in [0.25, 0.3) is 0 Å². The fraction of sp³-hybridized carbons (Fsp3) is 0.474. The lowest BCUT2D eigenvalue weighted by molar-refractivity contribution is 0.0885. The zero-order valence-electron chi connectivity index (χ0n) is 14.9. The smallest absolute Gasteiger partial charge is 0.274 e. The van der Waals surface area contributed by atoms with Crippen molar-refractivity contribution in [1.29, 1.82) is 0 Å². The van der Waals surface area contributed by atoms with Crippen molar-refractivity contribution in [2.75, 3.05) is 0 Å². The molecular weight excluding hydrogens is 352 g/mol. The topological polar surface area (TPSA) is 78.1 Å². The number of aryl methyl sites for hydroxylation is 1. The van der Waals surface area contributed by atoms with Crippen LogP contribution in [0, 0.1) is 12.8 Å². The van der Waals surface area contributed by atoms with Gasteiger partial charge in [0.1, 0.15) is 0 Å². The average molecular weight is 376 g/mol. The Balaban J connectivity index is 1.77. The molecule has 3 rings (SSSR count). The average Bonchev–Trinajstić information content (AvgIpc) is 3.03. The summed E-state index contributed by atoms with van der Waals surface area (Å²) in [7, 11) is -4.00. The third-order valence-electron chi connectivity index (χ3n) is 5.08. The number of hydrogen-bond donors (Lipinski definition) is 0. The monoisotopic (exact) mass is 376 g/mol. The molecule has 1 saturated carbocycles. The molecule has 0 saturated heterocycles. The molecular formula is C19H24N2O4S. The molecule has 1 aromatic carbocycles. The third-order valence-corrected chi connectivity index (χ3v) is 6.75. The second kappa shape index (κ2) is 7.61. The van der Waals surface area contributed by atoms with Gasteiger partial charge in [-0.25, -0.2) is 17.8 Å². The van der Waals surface area contributed by atoms with Crippen LogP contribution in [0.2, 0.25) is 0 Å². The van der Waals surface area contributed by atoms with E-state index in [-0.39, 0.29) is 17.2 Å². The summed E-state index contributed by atoms with van der Waals surface area (Å²) in [6, 6.07) is 6.26. The summed E-state index contributed by atoms with van der Waals surface area (Å²) in [5.74, 6) is 0.181. The van der Waals surface area contributed by atoms with E-state index in [1.54, 1.807) is 12.1 Å². The first-order valence-corrected chi connectivity index (χ1v) is 10.5. The van der Waals surface area contributed by atoms with Gasteiger partial charge in [-0.3, -0.25) is 4.79 Å². The van der Waals surface area contributed by atoms with E-state index >= 15 is 0 Å². The minimum atomic E-state index is -4.00. The predicted octanol–water partition coefficient (Wildman–Crippen LogP) is 3.20. The fourth-order valence-corrected chi connectivity index (χ4v) is 4.70. The van der Waals surface area contributed by atoms with Gasteiger partial charge >= 0.3 is 5.69 Å². The molecule has 0 spiro atoms. The molecule has 0 aliphatic heterocycles. The zero-order valence-corrected chi connectivity index (χ0v) is 15.7. The number of hydrogen-bond acceptors (Lipinski definition) is 4. The number of carbonyl (C=O) groups is 1. The Labute approximate surface area is 153 Å². The van der Waals surface area contributed by atoms with Gasteiger partial charge in [0.2, 0.25) is 5.91 Å². The summed E-state index contributed by atoms with van der Waals surface area (Å²) in [5.41, 5.74) is 0.0889. The van der Waals surface area contributed by atoms with Crippen molar-refractivity contribution in [1.82, 2.24) is 8.54 Å². The van der Waals surface area contributed by atoms with Crippen LogP contribution in [-0.4, -0.2) is 22.9 Å². The van der Waals surface area contributed by atoms with Crippen LogP contribution in [0.1, 0.15) is 55.3 Å². The molecule has 0 N–H and O–H groups in total. The zero-order chi connectivity index (χ0) is 18.7. The minimum Gasteiger partial charge on any atom is -0.274 e. The van der Waals surface area contributed by atoms with Gasteiger partial charge in [-0.2, -0.15) is 3.97 Å². The molecule has 0 amide bonds. The summed E-state index contributed by atoms with van der Waals surface area (Å²) in [5, 5.41) is 0. The molecule has 140 valence electrons. The normalized spacial score (nSPS) is 15.9. The van der Waals surface area contributed by atoms with Crippen molar-refractivity contribution in [2.45, 2.75) is 56.8 Å². The molecule has 0 radical (unpaired) electrons. The molecule has 1 fully saturated rings. The van der Waals surface area contributed by atoms with Gasteiger partial charge < -0.3 is 0 Å². The van der Waals surface area contributed by atoms with Crippen LogP contribution in [0.5, 0.6) is 0 Å². The Morgan fingerprint density at radius 2 is 1.73 bits per heavy atom. The highest BCUT2D eigenvalue weighted by Gasteiger charge is 2.23. The highest BCUT2D eigenvalue weighted by atomic mass is 32.2. The van der Waals surface area contributed by atoms with E-state index < -0.39 is 15.7 Å². The maximum atomic E-state index is 12.6. The molecule has 0 unspecified atom stereocenters. The van der Waals surface area contributed by atoms with Gasteiger partial charge in [0.25, 0.3) is 10.0 Å². The summed E-state index contributed by atoms with van der Waals surface area (Å²) in [6.45, 7) is 1.85. The Kier molecular flexibility index (Phi) is 5.46. The maximum absolute atomic E-state index is 12.6. The van der Waals surface area contributed by atoms with Crippen LogP contribution in [0.4, 0.5) is 0 Å². The van der Waals surface area contributed by atoms with Crippen molar-refractivity contribution in [3.63, 3.8) is 0 Å². The number of carbonyl (C=O) groups excluding carboxylic acids is 1. The van der Waals surface area contributed by atoms with Crippen LogP contribution in [0.3, 0.4) is 0 Å². The van der Waals surface area contributed by atoms with Gasteiger partial charge in [-0.1, -0.05) is 49.8 Å². The number of rotatable bonds is 5. The summed E-state index contributed by atoms with van der Waals surface area (Å²) >= 11 is 0. The second-order valence-electron chi connectivity index (χ2n) is 7.00. The number of nitrogens with zero attached hydrogens (tertiary/aromatic N) is 2. The first-order chi connectivity index (χ1) is 12.4. The molecule has 1 aliphatic carbocycles. The summed E-state index contributed by atoms with van der Waals surface area (Å²) in [6.07, 6.45) is 9.32. The van der Waals surface area contributed by atoms with Gasteiger partial charge in [0, 0.05) is 18.8 Å². The van der Waals surface area contributed by atoms with Crippen molar-refractivity contribution in [2.24, 2.45) is 5.92 Å². The van der Waals surface area contributed by atoms with Crippen LogP contribution in [0.15, 0.2) is 46.3 Å². The van der Waals surface area contributed by atoms with Crippen molar-refractivity contribution in [3.05, 3.63) is 52.7 Å². The van der Waals surface area contributed by atoms with Gasteiger partial charge in [0.05, 0.1) is 4.90 Å². The highest BCUT2D eigenvalue weighted by Crippen LogP contribution is 2.27. The molecule has 6 nitrogen and oxygen atoms in total. The number of aromatic nitrogens is 2. The quantitative estimate of drug-likeness (QED) is 0.803. The van der Waals surface area contributed by atoms with Crippen molar-refractivity contribution >= 4 is 15.9 Å². The lowest BCUT2D eigenvalue weighted by atomic mass is 9.86. The minimum absolute atomic E-state index is 0.0256. The van der Waals surface area contributed by atoms with E-state index in [1.165, 1.54) is 37.6 Å². The first kappa shape index (κ1) is 18.6. The number of imidazole rings is 1. The van der Waals surface area contributed by atoms with Crippen LogP contribution >= 0.6 is 0 Å². The first-order valence-electron chi connectivity index (χ1n) is 9.05. The molecule has 0 bridgehead atoms. The fourth-order valence-electron chi connectivity index (χ4n) is 3.48. The molecule has 1 heterocycles. The lowest BCUT2D eigenvalue weighted by Crippen LogP contribution is -2.32. The van der Waals surface area contributed by atoms with E-state index in [0.717, 1.165) is 35.6 Å². The summed E-state index contributed by atoms with van der Waals surface area (Å²) in [4.78, 5) is 24.9. The Bertz CT molecular complexity index is 933. The van der Waals surface area contributed by atoms with E-state index in [4.69, 9.17) is 0 Å². The van der Waals surface area contributed by atoms with Crippen LogP contribution < -0.4 is 5.69 Å². The molecule has 2 aromatic rings. The van der Waals surface area contributed by atoms with Crippen LogP contribution in [-0.2, 0) is 10.0 Å². The SMILES string of the molecule is Cc1ccc(S(=O)(=O)n2ccn(C(=O)CCC3CCCCC3)c2=O)cc1. The van der Waals surface area contributed by atoms with E-state index in [1.807, 2.05) is 6.92 Å². The molecule has 1 aliphatic rings. The molecule has 7 heteroatoms. The van der Waals surface area contributed by atoms with Gasteiger partial charge in [-0.05, 0) is 31.4 Å². The van der Waals surface area contributed by atoms with Gasteiger partial charge in [0.15, 0.2) is 0 Å². The third kappa shape index (κ3) is 3.82. The second-order valence-corrected chi connectivity index (χ2v) is 8.82. The Morgan fingerprint density at radius 1 is 1.08 bits per heavy atom. The van der Waals surface area contributed by atoms with Crippen molar-refractivity contribution < 1.29 is 13.2 Å². The largest absolute Gasteiger partial charge is 0.349 e. The molecule has 0 atom stereocenters. The van der Waals surface area contributed by atoms with E-state index in [9.17, 15) is 18.0 Å². The van der Waals surface area contributed by atoms with E-state index in [0.29, 0.717) is 9.89 Å². The highest BCUT2D eigenvalue weighted by molar-refractivity contribution is 7.90. The van der Waals surface area contributed by atoms with Gasteiger partial charge in [-0.15, -0.1) is 0 Å². The lowest BCUT2D eigenvalue weighted by Gasteiger charge is -2.20. The molecule has 1 aromatic heterocycles. The van der Waals surface area contributed by atoms with Crippen molar-refractivity contribution in [3.8, 4) is 0 Å². The van der Waals surface area contributed by atoms with E-state index in [2.05, 4.69) is 0 Å². The predicted molar refractivity (Wildman–Crippen MR) is 98.9 cm³/mol. The standard InChI is InChI=1S/C19H24N2O4S/c1-15-7-10-17(11-8-15)26(24,25)21-14-13-20(19(21)23)18(22)12-9-16-5-3-2-4-6-16/h7-8,10-11,13-14,16H,2-6,9,12H2,1H3. The summed E-state index contributed by atoms with van der Waals surface area (Å²) < 4.78 is 26.8.